The average Bonchev–Trinajstić information content (AvgIpc) is 3.17. The normalized spacial score (nSPS) is 14.7. The molecular weight excluding hydrogens is 350 g/mol. The van der Waals surface area contributed by atoms with E-state index < -0.39 is 17.8 Å². The summed E-state index contributed by atoms with van der Waals surface area (Å²) in [5.41, 5.74) is 2.81. The van der Waals surface area contributed by atoms with Crippen LogP contribution in [0.2, 0.25) is 0 Å². The number of carbonyl (C=O) groups excluding carboxylic acids is 3. The standard InChI is InChI=1S/C19H19N3O3S/c1-4-9-21-17(23)18(24)22(19(21)25)10-15-11-26-16(20-15)14-7-5-13(6-8-14)12(2)3/h4-8,11-12H,1,9-10H2,2-3H3. The highest BCUT2D eigenvalue weighted by molar-refractivity contribution is 7.13. The van der Waals surface area contributed by atoms with Gasteiger partial charge in [0.05, 0.1) is 12.2 Å². The van der Waals surface area contributed by atoms with E-state index in [0.717, 1.165) is 20.4 Å². The van der Waals surface area contributed by atoms with Crippen molar-refractivity contribution in [2.24, 2.45) is 0 Å². The molecule has 0 aliphatic carbocycles. The van der Waals surface area contributed by atoms with Crippen molar-refractivity contribution in [2.75, 3.05) is 6.54 Å². The number of benzene rings is 1. The molecule has 2 aromatic rings. The number of imide groups is 2. The van der Waals surface area contributed by atoms with Gasteiger partial charge < -0.3 is 0 Å². The molecule has 134 valence electrons. The summed E-state index contributed by atoms with van der Waals surface area (Å²) in [6, 6.07) is 7.54. The third kappa shape index (κ3) is 3.30. The fourth-order valence-electron chi connectivity index (χ4n) is 2.66. The Morgan fingerprint density at radius 1 is 1.12 bits per heavy atom. The first-order chi connectivity index (χ1) is 12.4. The van der Waals surface area contributed by atoms with E-state index in [4.69, 9.17) is 0 Å². The molecule has 4 amide bonds. The number of thiazole rings is 1. The first-order valence-electron chi connectivity index (χ1n) is 8.25. The predicted molar refractivity (Wildman–Crippen MR) is 99.5 cm³/mol. The Morgan fingerprint density at radius 2 is 1.77 bits per heavy atom. The van der Waals surface area contributed by atoms with Crippen molar-refractivity contribution in [3.05, 3.63) is 53.6 Å². The van der Waals surface area contributed by atoms with Gasteiger partial charge in [-0.25, -0.2) is 14.7 Å². The Kier molecular flexibility index (Phi) is 4.99. The molecule has 1 aliphatic rings. The second kappa shape index (κ2) is 7.21. The van der Waals surface area contributed by atoms with Crippen molar-refractivity contribution in [3.63, 3.8) is 0 Å². The summed E-state index contributed by atoms with van der Waals surface area (Å²) >= 11 is 1.44. The Balaban J connectivity index is 1.76. The summed E-state index contributed by atoms with van der Waals surface area (Å²) in [6.45, 7) is 7.77. The third-order valence-electron chi connectivity index (χ3n) is 4.14. The van der Waals surface area contributed by atoms with E-state index in [0.29, 0.717) is 11.6 Å². The van der Waals surface area contributed by atoms with Gasteiger partial charge in [-0.15, -0.1) is 17.9 Å². The summed E-state index contributed by atoms with van der Waals surface area (Å²) in [5.74, 6) is -1.19. The number of carbonyl (C=O) groups is 3. The SMILES string of the molecule is C=CCN1C(=O)C(=O)N(Cc2csc(-c3ccc(C(C)C)cc3)n2)C1=O. The van der Waals surface area contributed by atoms with E-state index in [1.54, 1.807) is 5.38 Å². The number of aromatic nitrogens is 1. The molecule has 7 heteroatoms. The zero-order valence-electron chi connectivity index (χ0n) is 14.6. The fourth-order valence-corrected chi connectivity index (χ4v) is 3.48. The van der Waals surface area contributed by atoms with Crippen LogP contribution in [0.25, 0.3) is 10.6 Å². The van der Waals surface area contributed by atoms with Crippen LogP contribution >= 0.6 is 11.3 Å². The van der Waals surface area contributed by atoms with Crippen molar-refractivity contribution in [2.45, 2.75) is 26.3 Å². The van der Waals surface area contributed by atoms with Crippen LogP contribution < -0.4 is 0 Å². The van der Waals surface area contributed by atoms with Gasteiger partial charge >= 0.3 is 17.8 Å². The maximum absolute atomic E-state index is 12.2. The van der Waals surface area contributed by atoms with Gasteiger partial charge in [-0.1, -0.05) is 44.2 Å². The molecule has 1 saturated heterocycles. The lowest BCUT2D eigenvalue weighted by molar-refractivity contribution is -0.143. The largest absolute Gasteiger partial charge is 0.334 e. The van der Waals surface area contributed by atoms with Gasteiger partial charge in [-0.3, -0.25) is 14.5 Å². The number of urea groups is 1. The Bertz CT molecular complexity index is 870. The highest BCUT2D eigenvalue weighted by Gasteiger charge is 2.43. The summed E-state index contributed by atoms with van der Waals surface area (Å²) in [7, 11) is 0. The van der Waals surface area contributed by atoms with E-state index in [1.165, 1.54) is 23.0 Å². The molecule has 1 aromatic carbocycles. The molecule has 26 heavy (non-hydrogen) atoms. The van der Waals surface area contributed by atoms with Gasteiger partial charge in [-0.05, 0) is 11.5 Å². The van der Waals surface area contributed by atoms with Crippen LogP contribution in [0, 0.1) is 0 Å². The first-order valence-corrected chi connectivity index (χ1v) is 9.13. The lowest BCUT2D eigenvalue weighted by Gasteiger charge is -2.12. The number of hydrogen-bond donors (Lipinski definition) is 0. The molecule has 1 aromatic heterocycles. The molecule has 3 rings (SSSR count). The molecule has 1 aliphatic heterocycles. The molecule has 0 spiro atoms. The van der Waals surface area contributed by atoms with Gasteiger partial charge in [0, 0.05) is 17.5 Å². The summed E-state index contributed by atoms with van der Waals surface area (Å²) in [6.07, 6.45) is 1.41. The fraction of sp³-hybridized carbons (Fsp3) is 0.263. The molecule has 0 atom stereocenters. The zero-order valence-corrected chi connectivity index (χ0v) is 15.5. The molecule has 6 nitrogen and oxygen atoms in total. The lowest BCUT2D eigenvalue weighted by atomic mass is 10.0. The van der Waals surface area contributed by atoms with E-state index in [2.05, 4.69) is 37.5 Å². The smallest absolute Gasteiger partial charge is 0.263 e. The van der Waals surface area contributed by atoms with E-state index >= 15 is 0 Å². The van der Waals surface area contributed by atoms with Crippen molar-refractivity contribution in [1.29, 1.82) is 0 Å². The van der Waals surface area contributed by atoms with Crippen LogP contribution in [-0.4, -0.2) is 39.2 Å². The minimum Gasteiger partial charge on any atom is -0.263 e. The Labute approximate surface area is 155 Å². The highest BCUT2D eigenvalue weighted by Crippen LogP contribution is 2.27. The molecule has 1 fully saturated rings. The second-order valence-corrected chi connectivity index (χ2v) is 7.16. The monoisotopic (exact) mass is 369 g/mol. The highest BCUT2D eigenvalue weighted by atomic mass is 32.1. The van der Waals surface area contributed by atoms with E-state index in [-0.39, 0.29) is 13.1 Å². The van der Waals surface area contributed by atoms with E-state index in [1.807, 2.05) is 12.1 Å². The van der Waals surface area contributed by atoms with Crippen LogP contribution in [0.3, 0.4) is 0 Å². The zero-order chi connectivity index (χ0) is 18.8. The molecule has 2 heterocycles. The number of nitrogens with zero attached hydrogens (tertiary/aromatic N) is 3. The van der Waals surface area contributed by atoms with Crippen molar-refractivity contribution < 1.29 is 14.4 Å². The van der Waals surface area contributed by atoms with Crippen LogP contribution in [0.1, 0.15) is 31.0 Å². The summed E-state index contributed by atoms with van der Waals surface area (Å²) in [5, 5.41) is 2.61. The van der Waals surface area contributed by atoms with Crippen molar-refractivity contribution in [1.82, 2.24) is 14.8 Å². The van der Waals surface area contributed by atoms with Gasteiger partial charge in [0.2, 0.25) is 0 Å². The number of amides is 4. The molecular formula is C19H19N3O3S. The summed E-state index contributed by atoms with van der Waals surface area (Å²) < 4.78 is 0. The molecule has 0 unspecified atom stereocenters. The minimum atomic E-state index is -0.826. The lowest BCUT2D eigenvalue weighted by Crippen LogP contribution is -2.33. The van der Waals surface area contributed by atoms with Crippen LogP contribution in [0.5, 0.6) is 0 Å². The first kappa shape index (κ1) is 18.0. The molecule has 0 radical (unpaired) electrons. The van der Waals surface area contributed by atoms with Crippen LogP contribution in [-0.2, 0) is 16.1 Å². The van der Waals surface area contributed by atoms with Gasteiger partial charge in [-0.2, -0.15) is 0 Å². The Morgan fingerprint density at radius 3 is 2.38 bits per heavy atom. The quantitative estimate of drug-likeness (QED) is 0.444. The van der Waals surface area contributed by atoms with Crippen molar-refractivity contribution in [3.8, 4) is 10.6 Å². The number of hydrogen-bond acceptors (Lipinski definition) is 5. The maximum atomic E-state index is 12.2. The predicted octanol–water partition coefficient (Wildman–Crippen LogP) is 3.41. The van der Waals surface area contributed by atoms with Gasteiger partial charge in [0.25, 0.3) is 0 Å². The third-order valence-corrected chi connectivity index (χ3v) is 5.08. The van der Waals surface area contributed by atoms with Crippen LogP contribution in [0.4, 0.5) is 4.79 Å². The number of rotatable bonds is 6. The van der Waals surface area contributed by atoms with Gasteiger partial charge in [0.1, 0.15) is 5.01 Å². The van der Waals surface area contributed by atoms with E-state index in [9.17, 15) is 14.4 Å². The van der Waals surface area contributed by atoms with Gasteiger partial charge in [0.15, 0.2) is 0 Å². The van der Waals surface area contributed by atoms with Crippen molar-refractivity contribution >= 4 is 29.2 Å². The minimum absolute atomic E-state index is 0.0162. The second-order valence-electron chi connectivity index (χ2n) is 6.30. The molecule has 0 saturated carbocycles. The molecule has 0 N–H and O–H groups in total. The topological polar surface area (TPSA) is 70.6 Å². The summed E-state index contributed by atoms with van der Waals surface area (Å²) in [4.78, 5) is 42.5. The van der Waals surface area contributed by atoms with Crippen LogP contribution in [0.15, 0.2) is 42.3 Å². The Hall–Kier alpha value is -2.80. The average molecular weight is 369 g/mol. The maximum Gasteiger partial charge on any atom is 0.334 e. The molecule has 0 bridgehead atoms.